The first kappa shape index (κ1) is 14.1. The van der Waals surface area contributed by atoms with Crippen LogP contribution < -0.4 is 10.1 Å². The SMILES string of the molecule is CCOc1cc2sc(NCCOC)nc2c2ccccc12. The lowest BCUT2D eigenvalue weighted by molar-refractivity contribution is 0.211. The minimum atomic E-state index is 0.660. The number of hydrogen-bond acceptors (Lipinski definition) is 5. The van der Waals surface area contributed by atoms with Crippen LogP contribution in [0, 0.1) is 0 Å². The molecule has 1 heterocycles. The quantitative estimate of drug-likeness (QED) is 0.701. The van der Waals surface area contributed by atoms with Gasteiger partial charge in [0.05, 0.1) is 23.4 Å². The van der Waals surface area contributed by atoms with Gasteiger partial charge in [0.2, 0.25) is 0 Å². The highest BCUT2D eigenvalue weighted by Gasteiger charge is 2.11. The van der Waals surface area contributed by atoms with Crippen LogP contribution in [-0.2, 0) is 4.74 Å². The largest absolute Gasteiger partial charge is 0.493 e. The van der Waals surface area contributed by atoms with Crippen molar-refractivity contribution in [3.8, 4) is 5.75 Å². The molecule has 2 aromatic carbocycles. The number of fused-ring (bicyclic) bond motifs is 3. The van der Waals surface area contributed by atoms with Gasteiger partial charge in [0.15, 0.2) is 5.13 Å². The zero-order valence-corrected chi connectivity index (χ0v) is 13.0. The standard InChI is InChI=1S/C16H18N2O2S/c1-3-20-13-10-14-15(12-7-5-4-6-11(12)13)18-16(21-14)17-8-9-19-2/h4-7,10H,3,8-9H2,1-2H3,(H,17,18). The molecule has 0 aliphatic heterocycles. The fourth-order valence-electron chi connectivity index (χ4n) is 2.33. The second kappa shape index (κ2) is 6.28. The molecule has 0 fully saturated rings. The number of hydrogen-bond donors (Lipinski definition) is 1. The maximum absolute atomic E-state index is 5.77. The average molecular weight is 302 g/mol. The van der Waals surface area contributed by atoms with Crippen molar-refractivity contribution in [2.45, 2.75) is 6.92 Å². The monoisotopic (exact) mass is 302 g/mol. The van der Waals surface area contributed by atoms with Gasteiger partial charge in [-0.3, -0.25) is 0 Å². The van der Waals surface area contributed by atoms with E-state index in [1.165, 1.54) is 0 Å². The highest BCUT2D eigenvalue weighted by Crippen LogP contribution is 2.37. The molecule has 0 saturated heterocycles. The molecule has 0 amide bonds. The molecule has 0 unspecified atom stereocenters. The molecule has 0 saturated carbocycles. The van der Waals surface area contributed by atoms with Gasteiger partial charge in [-0.15, -0.1) is 0 Å². The minimum absolute atomic E-state index is 0.660. The van der Waals surface area contributed by atoms with Crippen LogP contribution in [-0.4, -0.2) is 31.9 Å². The van der Waals surface area contributed by atoms with Crippen molar-refractivity contribution in [2.24, 2.45) is 0 Å². The van der Waals surface area contributed by atoms with E-state index in [-0.39, 0.29) is 0 Å². The zero-order chi connectivity index (χ0) is 14.7. The summed E-state index contributed by atoms with van der Waals surface area (Å²) in [6.45, 7) is 4.09. The fraction of sp³-hybridized carbons (Fsp3) is 0.312. The lowest BCUT2D eigenvalue weighted by Crippen LogP contribution is -2.06. The molecule has 110 valence electrons. The van der Waals surface area contributed by atoms with Crippen LogP contribution in [0.1, 0.15) is 6.92 Å². The normalized spacial score (nSPS) is 11.1. The molecule has 3 rings (SSSR count). The van der Waals surface area contributed by atoms with E-state index < -0.39 is 0 Å². The molecule has 1 aromatic heterocycles. The summed E-state index contributed by atoms with van der Waals surface area (Å²) in [4.78, 5) is 4.71. The number of methoxy groups -OCH3 is 1. The van der Waals surface area contributed by atoms with Gasteiger partial charge < -0.3 is 14.8 Å². The first-order valence-electron chi connectivity index (χ1n) is 7.01. The predicted molar refractivity (Wildman–Crippen MR) is 88.7 cm³/mol. The Morgan fingerprint density at radius 3 is 2.81 bits per heavy atom. The fourth-order valence-corrected chi connectivity index (χ4v) is 3.27. The molecule has 0 aliphatic carbocycles. The van der Waals surface area contributed by atoms with Crippen LogP contribution in [0.2, 0.25) is 0 Å². The molecular weight excluding hydrogens is 284 g/mol. The number of aromatic nitrogens is 1. The van der Waals surface area contributed by atoms with E-state index in [9.17, 15) is 0 Å². The molecule has 0 bridgehead atoms. The number of nitrogens with zero attached hydrogens (tertiary/aromatic N) is 1. The van der Waals surface area contributed by atoms with Crippen LogP contribution in [0.5, 0.6) is 5.75 Å². The molecule has 21 heavy (non-hydrogen) atoms. The van der Waals surface area contributed by atoms with E-state index in [1.54, 1.807) is 18.4 Å². The Morgan fingerprint density at radius 2 is 2.05 bits per heavy atom. The smallest absolute Gasteiger partial charge is 0.183 e. The van der Waals surface area contributed by atoms with E-state index in [1.807, 2.05) is 19.1 Å². The maximum Gasteiger partial charge on any atom is 0.183 e. The van der Waals surface area contributed by atoms with E-state index >= 15 is 0 Å². The van der Waals surface area contributed by atoms with Crippen molar-refractivity contribution >= 4 is 37.5 Å². The number of benzene rings is 2. The molecule has 3 aromatic rings. The van der Waals surface area contributed by atoms with E-state index in [0.29, 0.717) is 13.2 Å². The number of ether oxygens (including phenoxy) is 2. The van der Waals surface area contributed by atoms with Gasteiger partial charge in [-0.1, -0.05) is 35.6 Å². The first-order valence-corrected chi connectivity index (χ1v) is 7.83. The summed E-state index contributed by atoms with van der Waals surface area (Å²) >= 11 is 1.64. The maximum atomic E-state index is 5.77. The van der Waals surface area contributed by atoms with Crippen LogP contribution >= 0.6 is 11.3 Å². The van der Waals surface area contributed by atoms with Crippen LogP contribution in [0.25, 0.3) is 21.0 Å². The van der Waals surface area contributed by atoms with Crippen molar-refractivity contribution in [3.05, 3.63) is 30.3 Å². The predicted octanol–water partition coefficient (Wildman–Crippen LogP) is 3.91. The lowest BCUT2D eigenvalue weighted by Gasteiger charge is -2.07. The molecular formula is C16H18N2O2S. The zero-order valence-electron chi connectivity index (χ0n) is 12.2. The number of anilines is 1. The van der Waals surface area contributed by atoms with Crippen molar-refractivity contribution in [1.82, 2.24) is 4.98 Å². The number of thiazole rings is 1. The summed E-state index contributed by atoms with van der Waals surface area (Å²) in [5, 5.41) is 6.46. The van der Waals surface area contributed by atoms with Gasteiger partial charge in [0, 0.05) is 30.5 Å². The van der Waals surface area contributed by atoms with Crippen LogP contribution in [0.4, 0.5) is 5.13 Å². The highest BCUT2D eigenvalue weighted by atomic mass is 32.1. The van der Waals surface area contributed by atoms with E-state index in [2.05, 4.69) is 23.5 Å². The van der Waals surface area contributed by atoms with Crippen LogP contribution in [0.15, 0.2) is 30.3 Å². The lowest BCUT2D eigenvalue weighted by atomic mass is 10.1. The Labute approximate surface area is 127 Å². The molecule has 5 heteroatoms. The third-order valence-corrected chi connectivity index (χ3v) is 4.21. The third kappa shape index (κ3) is 2.80. The molecule has 1 N–H and O–H groups in total. The summed E-state index contributed by atoms with van der Waals surface area (Å²) in [5.74, 6) is 0.924. The van der Waals surface area contributed by atoms with Gasteiger partial charge in [0.25, 0.3) is 0 Å². The van der Waals surface area contributed by atoms with Gasteiger partial charge >= 0.3 is 0 Å². The molecule has 4 nitrogen and oxygen atoms in total. The van der Waals surface area contributed by atoms with Gasteiger partial charge in [0.1, 0.15) is 5.75 Å². The second-order valence-corrected chi connectivity index (χ2v) is 5.67. The summed E-state index contributed by atoms with van der Waals surface area (Å²) in [6.07, 6.45) is 0. The van der Waals surface area contributed by atoms with E-state index in [4.69, 9.17) is 14.5 Å². The topological polar surface area (TPSA) is 43.4 Å². The van der Waals surface area contributed by atoms with Crippen molar-refractivity contribution in [1.29, 1.82) is 0 Å². The Bertz CT molecular complexity index is 754. The minimum Gasteiger partial charge on any atom is -0.493 e. The van der Waals surface area contributed by atoms with Gasteiger partial charge in [-0.25, -0.2) is 4.98 Å². The molecule has 0 radical (unpaired) electrons. The summed E-state index contributed by atoms with van der Waals surface area (Å²) in [5.41, 5.74) is 1.03. The Hall–Kier alpha value is -1.85. The second-order valence-electron chi connectivity index (χ2n) is 4.64. The first-order chi connectivity index (χ1) is 10.3. The summed E-state index contributed by atoms with van der Waals surface area (Å²) in [7, 11) is 1.70. The molecule has 0 spiro atoms. The van der Waals surface area contributed by atoms with Crippen molar-refractivity contribution in [3.63, 3.8) is 0 Å². The van der Waals surface area contributed by atoms with Crippen LogP contribution in [0.3, 0.4) is 0 Å². The third-order valence-electron chi connectivity index (χ3n) is 3.25. The van der Waals surface area contributed by atoms with Crippen molar-refractivity contribution in [2.75, 3.05) is 32.2 Å². The number of rotatable bonds is 6. The molecule has 0 aliphatic rings. The van der Waals surface area contributed by atoms with E-state index in [0.717, 1.165) is 38.4 Å². The highest BCUT2D eigenvalue weighted by molar-refractivity contribution is 7.22. The Kier molecular flexibility index (Phi) is 4.22. The number of nitrogens with one attached hydrogen (secondary N) is 1. The Morgan fingerprint density at radius 1 is 1.24 bits per heavy atom. The molecule has 0 atom stereocenters. The summed E-state index contributed by atoms with van der Waals surface area (Å²) < 4.78 is 12.0. The van der Waals surface area contributed by atoms with Gasteiger partial charge in [-0.05, 0) is 6.92 Å². The Balaban J connectivity index is 2.08. The average Bonchev–Trinajstić information content (AvgIpc) is 2.91. The van der Waals surface area contributed by atoms with Crippen molar-refractivity contribution < 1.29 is 9.47 Å². The van der Waals surface area contributed by atoms with Gasteiger partial charge in [-0.2, -0.15) is 0 Å². The summed E-state index contributed by atoms with van der Waals surface area (Å²) in [6, 6.07) is 10.3.